The van der Waals surface area contributed by atoms with Gasteiger partial charge in [0.25, 0.3) is 11.7 Å². The molecule has 7 nitrogen and oxygen atoms in total. The standard InChI is InChI=1S/C27H28N2O5/c1-28(2)14-15-29-23(20-10-7-11-21(33-3)26(20)34-4)22(25(31)27(29)32)24(30)19-13-12-17-8-5-6-9-18(17)16-19/h5-13,16,23,30H,14-15H2,1-4H3/b24-22+. The average Bonchev–Trinajstić information content (AvgIpc) is 3.10. The number of methoxy groups -OCH3 is 2. The van der Waals surface area contributed by atoms with Gasteiger partial charge in [-0.1, -0.05) is 48.5 Å². The highest BCUT2D eigenvalue weighted by molar-refractivity contribution is 6.46. The summed E-state index contributed by atoms with van der Waals surface area (Å²) in [7, 11) is 6.83. The summed E-state index contributed by atoms with van der Waals surface area (Å²) in [5.74, 6) is -0.704. The van der Waals surface area contributed by atoms with Crippen molar-refractivity contribution in [3.05, 3.63) is 77.4 Å². The molecule has 0 bridgehead atoms. The second kappa shape index (κ2) is 9.57. The molecular weight excluding hydrogens is 432 g/mol. The zero-order valence-corrected chi connectivity index (χ0v) is 19.7. The Balaban J connectivity index is 1.93. The van der Waals surface area contributed by atoms with Crippen LogP contribution in [0.2, 0.25) is 0 Å². The van der Waals surface area contributed by atoms with Crippen molar-refractivity contribution in [1.82, 2.24) is 9.80 Å². The molecule has 1 unspecified atom stereocenters. The monoisotopic (exact) mass is 460 g/mol. The van der Waals surface area contributed by atoms with Crippen LogP contribution in [-0.4, -0.2) is 68.0 Å². The minimum atomic E-state index is -0.823. The van der Waals surface area contributed by atoms with Crippen molar-refractivity contribution in [3.8, 4) is 11.5 Å². The lowest BCUT2D eigenvalue weighted by Crippen LogP contribution is -2.35. The van der Waals surface area contributed by atoms with Crippen LogP contribution in [-0.2, 0) is 9.59 Å². The van der Waals surface area contributed by atoms with Gasteiger partial charge in [0.05, 0.1) is 25.8 Å². The molecule has 0 spiro atoms. The molecule has 0 aromatic heterocycles. The molecular formula is C27H28N2O5. The van der Waals surface area contributed by atoms with Crippen LogP contribution in [0.25, 0.3) is 16.5 Å². The van der Waals surface area contributed by atoms with Crippen LogP contribution < -0.4 is 9.47 Å². The van der Waals surface area contributed by atoms with Gasteiger partial charge >= 0.3 is 0 Å². The van der Waals surface area contributed by atoms with E-state index >= 15 is 0 Å². The topological polar surface area (TPSA) is 79.3 Å². The van der Waals surface area contributed by atoms with Gasteiger partial charge in [-0.2, -0.15) is 0 Å². The number of aliphatic hydroxyl groups excluding tert-OH is 1. The Hall–Kier alpha value is -3.84. The fourth-order valence-electron chi connectivity index (χ4n) is 4.36. The number of carbonyl (C=O) groups excluding carboxylic acids is 2. The smallest absolute Gasteiger partial charge is 0.295 e. The minimum Gasteiger partial charge on any atom is -0.507 e. The fraction of sp³-hybridized carbons (Fsp3) is 0.259. The molecule has 3 aromatic rings. The van der Waals surface area contributed by atoms with Crippen LogP contribution >= 0.6 is 0 Å². The van der Waals surface area contributed by atoms with Crippen molar-refractivity contribution in [2.75, 3.05) is 41.4 Å². The first-order valence-electron chi connectivity index (χ1n) is 11.0. The van der Waals surface area contributed by atoms with E-state index in [-0.39, 0.29) is 11.3 Å². The Bertz CT molecular complexity index is 1280. The fourth-order valence-corrected chi connectivity index (χ4v) is 4.36. The third-order valence-electron chi connectivity index (χ3n) is 6.08. The molecule has 3 aromatic carbocycles. The molecule has 0 saturated carbocycles. The summed E-state index contributed by atoms with van der Waals surface area (Å²) in [5.41, 5.74) is 1.07. The molecule has 1 saturated heterocycles. The average molecular weight is 461 g/mol. The summed E-state index contributed by atoms with van der Waals surface area (Å²) < 4.78 is 11.1. The molecule has 1 aliphatic rings. The molecule has 1 aliphatic heterocycles. The Morgan fingerprint density at radius 3 is 2.38 bits per heavy atom. The second-order valence-corrected chi connectivity index (χ2v) is 8.44. The molecule has 1 heterocycles. The lowest BCUT2D eigenvalue weighted by molar-refractivity contribution is -0.140. The predicted octanol–water partition coefficient (Wildman–Crippen LogP) is 3.84. The first-order chi connectivity index (χ1) is 16.4. The van der Waals surface area contributed by atoms with Crippen molar-refractivity contribution in [1.29, 1.82) is 0 Å². The SMILES string of the molecule is COc1cccc(C2/C(=C(\O)c3ccc4ccccc4c3)C(=O)C(=O)N2CCN(C)C)c1OC. The maximum atomic E-state index is 13.3. The number of hydrogen-bond acceptors (Lipinski definition) is 6. The second-order valence-electron chi connectivity index (χ2n) is 8.44. The largest absolute Gasteiger partial charge is 0.507 e. The normalized spacial score (nSPS) is 17.6. The summed E-state index contributed by atoms with van der Waals surface area (Å²) in [4.78, 5) is 29.9. The van der Waals surface area contributed by atoms with Gasteiger partial charge in [-0.25, -0.2) is 0 Å². The first kappa shape index (κ1) is 23.3. The van der Waals surface area contributed by atoms with E-state index in [1.54, 1.807) is 24.3 Å². The molecule has 34 heavy (non-hydrogen) atoms. The van der Waals surface area contributed by atoms with Crippen molar-refractivity contribution in [2.24, 2.45) is 0 Å². The van der Waals surface area contributed by atoms with Gasteiger partial charge in [0.2, 0.25) is 0 Å². The minimum absolute atomic E-state index is 0.0330. The van der Waals surface area contributed by atoms with Gasteiger partial charge in [-0.05, 0) is 37.0 Å². The van der Waals surface area contributed by atoms with E-state index < -0.39 is 17.7 Å². The Labute approximate surface area is 198 Å². The van der Waals surface area contributed by atoms with E-state index in [0.29, 0.717) is 35.7 Å². The maximum absolute atomic E-state index is 13.3. The van der Waals surface area contributed by atoms with Gasteiger partial charge in [-0.15, -0.1) is 0 Å². The number of ether oxygens (including phenoxy) is 2. The molecule has 1 fully saturated rings. The van der Waals surface area contributed by atoms with Crippen LogP contribution in [0.3, 0.4) is 0 Å². The van der Waals surface area contributed by atoms with Crippen molar-refractivity contribution in [3.63, 3.8) is 0 Å². The Morgan fingerprint density at radius 1 is 0.971 bits per heavy atom. The van der Waals surface area contributed by atoms with Gasteiger partial charge in [0.1, 0.15) is 5.76 Å². The third-order valence-corrected chi connectivity index (χ3v) is 6.08. The summed E-state index contributed by atoms with van der Waals surface area (Å²) >= 11 is 0. The number of likely N-dealkylation sites (N-methyl/N-ethyl adjacent to an activating group) is 1. The molecule has 1 atom stereocenters. The van der Waals surface area contributed by atoms with Crippen LogP contribution in [0.1, 0.15) is 17.2 Å². The lowest BCUT2D eigenvalue weighted by Gasteiger charge is -2.28. The van der Waals surface area contributed by atoms with E-state index in [0.717, 1.165) is 10.8 Å². The molecule has 176 valence electrons. The highest BCUT2D eigenvalue weighted by Crippen LogP contribution is 2.45. The van der Waals surface area contributed by atoms with E-state index in [9.17, 15) is 14.7 Å². The summed E-state index contributed by atoms with van der Waals surface area (Å²) in [6.07, 6.45) is 0. The van der Waals surface area contributed by atoms with Crippen LogP contribution in [0, 0.1) is 0 Å². The molecule has 1 N–H and O–H groups in total. The van der Waals surface area contributed by atoms with Gasteiger partial charge in [0.15, 0.2) is 11.5 Å². The van der Waals surface area contributed by atoms with Crippen molar-refractivity contribution in [2.45, 2.75) is 6.04 Å². The molecule has 0 radical (unpaired) electrons. The first-order valence-corrected chi connectivity index (χ1v) is 11.0. The quantitative estimate of drug-likeness (QED) is 0.328. The van der Waals surface area contributed by atoms with Gasteiger partial charge in [0, 0.05) is 24.2 Å². The number of Topliss-reactive ketones (excluding diaryl/α,β-unsaturated/α-hetero) is 1. The number of aliphatic hydroxyl groups is 1. The number of carbonyl (C=O) groups is 2. The zero-order valence-electron chi connectivity index (χ0n) is 19.7. The predicted molar refractivity (Wildman–Crippen MR) is 131 cm³/mol. The number of rotatable bonds is 7. The molecule has 1 amide bonds. The van der Waals surface area contributed by atoms with E-state index in [1.165, 1.54) is 19.1 Å². The van der Waals surface area contributed by atoms with Crippen molar-refractivity contribution >= 4 is 28.2 Å². The third kappa shape index (κ3) is 4.10. The van der Waals surface area contributed by atoms with E-state index in [2.05, 4.69) is 0 Å². The van der Waals surface area contributed by atoms with Crippen LogP contribution in [0.15, 0.2) is 66.2 Å². The number of ketones is 1. The van der Waals surface area contributed by atoms with Crippen molar-refractivity contribution < 1.29 is 24.2 Å². The Kier molecular flexibility index (Phi) is 6.56. The Morgan fingerprint density at radius 2 is 1.71 bits per heavy atom. The number of amides is 1. The van der Waals surface area contributed by atoms with Crippen LogP contribution in [0.4, 0.5) is 0 Å². The highest BCUT2D eigenvalue weighted by Gasteiger charge is 2.47. The number of benzene rings is 3. The summed E-state index contributed by atoms with van der Waals surface area (Å²) in [6, 6.07) is 17.7. The lowest BCUT2D eigenvalue weighted by atomic mass is 9.93. The number of nitrogens with zero attached hydrogens (tertiary/aromatic N) is 2. The van der Waals surface area contributed by atoms with E-state index in [1.807, 2.05) is 55.4 Å². The van der Waals surface area contributed by atoms with Gasteiger partial charge < -0.3 is 24.4 Å². The molecule has 0 aliphatic carbocycles. The molecule has 7 heteroatoms. The maximum Gasteiger partial charge on any atom is 0.295 e. The number of fused-ring (bicyclic) bond motifs is 1. The van der Waals surface area contributed by atoms with Gasteiger partial charge in [-0.3, -0.25) is 9.59 Å². The highest BCUT2D eigenvalue weighted by atomic mass is 16.5. The zero-order chi connectivity index (χ0) is 24.4. The molecule has 4 rings (SSSR count). The van der Waals surface area contributed by atoms with Crippen LogP contribution in [0.5, 0.6) is 11.5 Å². The summed E-state index contributed by atoms with van der Waals surface area (Å²) in [5, 5.41) is 13.3. The van der Waals surface area contributed by atoms with E-state index in [4.69, 9.17) is 9.47 Å². The number of hydrogen-bond donors (Lipinski definition) is 1. The number of likely N-dealkylation sites (tertiary alicyclic amines) is 1. The summed E-state index contributed by atoms with van der Waals surface area (Å²) in [6.45, 7) is 0.850. The number of para-hydroxylation sites is 1.